The third-order valence-electron chi connectivity index (χ3n) is 3.87. The molecule has 106 valence electrons. The predicted molar refractivity (Wildman–Crippen MR) is 81.4 cm³/mol. The second-order valence-corrected chi connectivity index (χ2v) is 6.93. The van der Waals surface area contributed by atoms with Crippen LogP contribution in [-0.2, 0) is 0 Å². The molecular weight excluding hydrogens is 254 g/mol. The van der Waals surface area contributed by atoms with E-state index in [1.165, 1.54) is 25.7 Å². The fourth-order valence-electron chi connectivity index (χ4n) is 2.92. The van der Waals surface area contributed by atoms with Crippen LogP contribution in [0.15, 0.2) is 11.2 Å². The van der Waals surface area contributed by atoms with Crippen LogP contribution in [0.25, 0.3) is 0 Å². The average molecular weight is 279 g/mol. The van der Waals surface area contributed by atoms with Gasteiger partial charge >= 0.3 is 0 Å². The Bertz CT molecular complexity index is 402. The summed E-state index contributed by atoms with van der Waals surface area (Å²) in [6, 6.07) is 2.31. The molecule has 1 saturated carbocycles. The van der Waals surface area contributed by atoms with Crippen LogP contribution < -0.4 is 5.73 Å². The Labute approximate surface area is 120 Å². The zero-order chi connectivity index (χ0) is 13.8. The van der Waals surface area contributed by atoms with Crippen LogP contribution in [0.1, 0.15) is 50.4 Å². The Balaban J connectivity index is 2.03. The minimum absolute atomic E-state index is 0.294. The number of thioether (sulfide) groups is 1. The fourth-order valence-corrected chi connectivity index (χ4v) is 4.27. The van der Waals surface area contributed by atoms with E-state index in [-0.39, 0.29) is 0 Å². The first-order valence-electron chi connectivity index (χ1n) is 7.33. The van der Waals surface area contributed by atoms with Crippen LogP contribution in [0, 0.1) is 19.8 Å². The molecule has 1 fully saturated rings. The van der Waals surface area contributed by atoms with Gasteiger partial charge in [0, 0.05) is 22.7 Å². The molecule has 1 aromatic rings. The third-order valence-corrected chi connectivity index (χ3v) is 5.11. The minimum Gasteiger partial charge on any atom is -0.327 e. The van der Waals surface area contributed by atoms with Crippen molar-refractivity contribution >= 4 is 11.8 Å². The zero-order valence-electron chi connectivity index (χ0n) is 12.2. The van der Waals surface area contributed by atoms with Crippen molar-refractivity contribution < 1.29 is 0 Å². The van der Waals surface area contributed by atoms with Crippen molar-refractivity contribution in [3.8, 4) is 0 Å². The monoisotopic (exact) mass is 279 g/mol. The molecule has 2 rings (SSSR count). The lowest BCUT2D eigenvalue weighted by Gasteiger charge is -2.33. The maximum absolute atomic E-state index is 6.28. The van der Waals surface area contributed by atoms with Crippen molar-refractivity contribution in [1.29, 1.82) is 0 Å². The highest BCUT2D eigenvalue weighted by Gasteiger charge is 2.29. The molecule has 0 radical (unpaired) electrons. The number of hydrogen-bond donors (Lipinski definition) is 1. The molecule has 1 aliphatic rings. The van der Waals surface area contributed by atoms with E-state index in [1.54, 1.807) is 11.8 Å². The van der Waals surface area contributed by atoms with Crippen LogP contribution in [0.3, 0.4) is 0 Å². The summed E-state index contributed by atoms with van der Waals surface area (Å²) in [4.78, 5) is 9.06. The summed E-state index contributed by atoms with van der Waals surface area (Å²) in [6.07, 6.45) is 6.26. The molecule has 1 aliphatic carbocycles. The Morgan fingerprint density at radius 1 is 1.26 bits per heavy atom. The molecule has 0 amide bonds. The number of nitrogens with two attached hydrogens (primary N) is 1. The lowest BCUT2D eigenvalue weighted by Crippen LogP contribution is -2.38. The number of aryl methyl sites for hydroxylation is 2. The van der Waals surface area contributed by atoms with Crippen LogP contribution in [-0.4, -0.2) is 21.3 Å². The number of rotatable bonds is 4. The van der Waals surface area contributed by atoms with E-state index < -0.39 is 0 Å². The topological polar surface area (TPSA) is 51.8 Å². The maximum atomic E-state index is 6.28. The third kappa shape index (κ3) is 4.18. The summed E-state index contributed by atoms with van der Waals surface area (Å²) in [5.74, 6) is 0.841. The molecule has 1 heterocycles. The zero-order valence-corrected chi connectivity index (χ0v) is 13.0. The molecule has 0 spiro atoms. The first kappa shape index (κ1) is 14.8. The first-order valence-corrected chi connectivity index (χ1v) is 8.21. The summed E-state index contributed by atoms with van der Waals surface area (Å²) in [5, 5.41) is 1.38. The van der Waals surface area contributed by atoms with E-state index in [4.69, 9.17) is 5.73 Å². The van der Waals surface area contributed by atoms with Crippen molar-refractivity contribution in [2.75, 3.05) is 0 Å². The Kier molecular flexibility index (Phi) is 5.22. The van der Waals surface area contributed by atoms with E-state index >= 15 is 0 Å². The van der Waals surface area contributed by atoms with Gasteiger partial charge in [-0.25, -0.2) is 9.97 Å². The SMILES string of the molecule is CCCC1CCC(N)C(Sc2nc(C)cc(C)n2)C1. The van der Waals surface area contributed by atoms with E-state index in [1.807, 2.05) is 19.9 Å². The maximum Gasteiger partial charge on any atom is 0.188 e. The van der Waals surface area contributed by atoms with Crippen molar-refractivity contribution in [3.05, 3.63) is 17.5 Å². The van der Waals surface area contributed by atoms with Crippen molar-refractivity contribution in [3.63, 3.8) is 0 Å². The van der Waals surface area contributed by atoms with E-state index in [2.05, 4.69) is 16.9 Å². The summed E-state index contributed by atoms with van der Waals surface area (Å²) >= 11 is 1.78. The van der Waals surface area contributed by atoms with Gasteiger partial charge in [0.2, 0.25) is 0 Å². The van der Waals surface area contributed by atoms with Gasteiger partial charge in [0.15, 0.2) is 5.16 Å². The van der Waals surface area contributed by atoms with Gasteiger partial charge in [0.25, 0.3) is 0 Å². The average Bonchev–Trinajstić information content (AvgIpc) is 2.32. The predicted octanol–water partition coefficient (Wildman–Crippen LogP) is 3.48. The Morgan fingerprint density at radius 2 is 1.95 bits per heavy atom. The van der Waals surface area contributed by atoms with Crippen molar-refractivity contribution in [2.24, 2.45) is 11.7 Å². The van der Waals surface area contributed by atoms with Gasteiger partial charge in [0.05, 0.1) is 0 Å². The molecule has 3 atom stereocenters. The normalized spacial score (nSPS) is 27.5. The first-order chi connectivity index (χ1) is 9.08. The summed E-state index contributed by atoms with van der Waals surface area (Å²) < 4.78 is 0. The molecule has 4 heteroatoms. The highest BCUT2D eigenvalue weighted by molar-refractivity contribution is 7.99. The highest BCUT2D eigenvalue weighted by atomic mass is 32.2. The van der Waals surface area contributed by atoms with Gasteiger partial charge in [-0.05, 0) is 45.1 Å². The molecule has 0 aromatic carbocycles. The lowest BCUT2D eigenvalue weighted by atomic mass is 9.83. The van der Waals surface area contributed by atoms with E-state index in [0.717, 1.165) is 28.9 Å². The molecule has 0 bridgehead atoms. The van der Waals surface area contributed by atoms with Crippen LogP contribution in [0.5, 0.6) is 0 Å². The highest BCUT2D eigenvalue weighted by Crippen LogP contribution is 2.36. The molecule has 2 N–H and O–H groups in total. The second-order valence-electron chi connectivity index (χ2n) is 5.72. The van der Waals surface area contributed by atoms with Crippen molar-refractivity contribution in [1.82, 2.24) is 9.97 Å². The summed E-state index contributed by atoms with van der Waals surface area (Å²) in [5.41, 5.74) is 8.38. The van der Waals surface area contributed by atoms with Gasteiger partial charge in [-0.1, -0.05) is 31.5 Å². The van der Waals surface area contributed by atoms with E-state index in [0.29, 0.717) is 11.3 Å². The van der Waals surface area contributed by atoms with E-state index in [9.17, 15) is 0 Å². The smallest absolute Gasteiger partial charge is 0.188 e. The molecule has 0 aliphatic heterocycles. The van der Waals surface area contributed by atoms with Crippen LogP contribution in [0.4, 0.5) is 0 Å². The lowest BCUT2D eigenvalue weighted by molar-refractivity contribution is 0.316. The second kappa shape index (κ2) is 6.71. The van der Waals surface area contributed by atoms with Gasteiger partial charge in [-0.15, -0.1) is 0 Å². The molecule has 3 unspecified atom stereocenters. The van der Waals surface area contributed by atoms with Crippen LogP contribution >= 0.6 is 11.8 Å². The number of hydrogen-bond acceptors (Lipinski definition) is 4. The minimum atomic E-state index is 0.294. The largest absolute Gasteiger partial charge is 0.327 e. The molecule has 1 aromatic heterocycles. The van der Waals surface area contributed by atoms with Crippen LogP contribution in [0.2, 0.25) is 0 Å². The number of aromatic nitrogens is 2. The molecule has 19 heavy (non-hydrogen) atoms. The fraction of sp³-hybridized carbons (Fsp3) is 0.733. The van der Waals surface area contributed by atoms with Gasteiger partial charge < -0.3 is 5.73 Å². The molecular formula is C15H25N3S. The summed E-state index contributed by atoms with van der Waals surface area (Å²) in [6.45, 7) is 6.32. The number of nitrogens with zero attached hydrogens (tertiary/aromatic N) is 2. The van der Waals surface area contributed by atoms with Gasteiger partial charge in [-0.2, -0.15) is 0 Å². The van der Waals surface area contributed by atoms with Gasteiger partial charge in [0.1, 0.15) is 0 Å². The standard InChI is InChI=1S/C15H25N3S/c1-4-5-12-6-7-13(16)14(9-12)19-15-17-10(2)8-11(3)18-15/h8,12-14H,4-7,9,16H2,1-3H3. The molecule has 0 saturated heterocycles. The van der Waals surface area contributed by atoms with Crippen molar-refractivity contribution in [2.45, 2.75) is 69.3 Å². The molecule has 3 nitrogen and oxygen atoms in total. The quantitative estimate of drug-likeness (QED) is 0.857. The van der Waals surface area contributed by atoms with Gasteiger partial charge in [-0.3, -0.25) is 0 Å². The Morgan fingerprint density at radius 3 is 2.58 bits per heavy atom. The Hall–Kier alpha value is -0.610. The summed E-state index contributed by atoms with van der Waals surface area (Å²) in [7, 11) is 0.